The molecule has 110 valence electrons. The summed E-state index contributed by atoms with van der Waals surface area (Å²) >= 11 is 1.43. The maximum atomic E-state index is 12.5. The number of aryl methyl sites for hydroxylation is 1. The number of aromatic nitrogens is 3. The summed E-state index contributed by atoms with van der Waals surface area (Å²) in [6.45, 7) is 2.83. The molecule has 0 atom stereocenters. The molecule has 0 bridgehead atoms. The van der Waals surface area contributed by atoms with Gasteiger partial charge in [-0.15, -0.1) is 11.3 Å². The quantitative estimate of drug-likeness (QED) is 0.863. The molecule has 9 heteroatoms. The van der Waals surface area contributed by atoms with E-state index in [-0.39, 0.29) is 17.3 Å². The van der Waals surface area contributed by atoms with Crippen molar-refractivity contribution >= 4 is 27.2 Å². The summed E-state index contributed by atoms with van der Waals surface area (Å²) in [4.78, 5) is 4.13. The number of hydrogen-bond acceptors (Lipinski definition) is 6. The average Bonchev–Trinajstić information content (AvgIpc) is 2.99. The Balaban J connectivity index is 2.25. The van der Waals surface area contributed by atoms with Crippen molar-refractivity contribution in [1.82, 2.24) is 19.1 Å². The first-order valence-electron chi connectivity index (χ1n) is 6.11. The lowest BCUT2D eigenvalue weighted by molar-refractivity contribution is 0.463. The van der Waals surface area contributed by atoms with Crippen LogP contribution in [0.25, 0.3) is 0 Å². The van der Waals surface area contributed by atoms with Crippen molar-refractivity contribution in [3.05, 3.63) is 22.8 Å². The molecule has 2 heterocycles. The molecule has 0 unspecified atom stereocenters. The minimum atomic E-state index is -3.65. The van der Waals surface area contributed by atoms with E-state index in [1.54, 1.807) is 10.2 Å². The minimum absolute atomic E-state index is 0.0311. The average molecular weight is 315 g/mol. The lowest BCUT2D eigenvalue weighted by atomic mass is 10.5. The van der Waals surface area contributed by atoms with Crippen LogP contribution >= 0.6 is 11.3 Å². The number of nitrogens with two attached hydrogens (primary N) is 1. The number of sulfonamides is 1. The molecule has 0 amide bonds. The SMILES string of the molecule is CCCn1cc(S(=O)(=O)N(C)Cc2cscn2)c(N)n1. The smallest absolute Gasteiger partial charge is 0.248 e. The number of rotatable bonds is 6. The third-order valence-corrected chi connectivity index (χ3v) is 5.22. The standard InChI is InChI=1S/C11H17N5O2S2/c1-3-4-16-6-10(11(12)14-16)20(17,18)15(2)5-9-7-19-8-13-9/h6-8H,3-5H2,1-2H3,(H2,12,14). The van der Waals surface area contributed by atoms with Crippen LogP contribution in [-0.4, -0.2) is 34.5 Å². The first-order valence-corrected chi connectivity index (χ1v) is 8.49. The maximum absolute atomic E-state index is 12.5. The van der Waals surface area contributed by atoms with Gasteiger partial charge < -0.3 is 5.73 Å². The molecule has 2 aromatic rings. The Hall–Kier alpha value is -1.45. The van der Waals surface area contributed by atoms with Crippen molar-refractivity contribution in [2.45, 2.75) is 31.3 Å². The highest BCUT2D eigenvalue weighted by Crippen LogP contribution is 2.21. The van der Waals surface area contributed by atoms with E-state index < -0.39 is 10.0 Å². The molecule has 0 saturated carbocycles. The number of hydrogen-bond donors (Lipinski definition) is 1. The van der Waals surface area contributed by atoms with Crippen LogP contribution in [0.2, 0.25) is 0 Å². The molecule has 0 aliphatic heterocycles. The normalized spacial score (nSPS) is 12.2. The van der Waals surface area contributed by atoms with Gasteiger partial charge in [0.05, 0.1) is 17.7 Å². The second-order valence-electron chi connectivity index (χ2n) is 4.38. The third-order valence-electron chi connectivity index (χ3n) is 2.76. The Bertz CT molecular complexity index is 663. The van der Waals surface area contributed by atoms with Gasteiger partial charge in [0, 0.05) is 25.2 Å². The van der Waals surface area contributed by atoms with Gasteiger partial charge in [-0.3, -0.25) is 4.68 Å². The van der Waals surface area contributed by atoms with Crippen LogP contribution in [0.3, 0.4) is 0 Å². The van der Waals surface area contributed by atoms with Crippen molar-refractivity contribution in [3.8, 4) is 0 Å². The first kappa shape index (κ1) is 14.9. The molecule has 0 radical (unpaired) electrons. The summed E-state index contributed by atoms with van der Waals surface area (Å²) in [6.07, 6.45) is 2.33. The number of nitrogen functional groups attached to an aromatic ring is 1. The summed E-state index contributed by atoms with van der Waals surface area (Å²) in [6, 6.07) is 0. The Morgan fingerprint density at radius 2 is 2.25 bits per heavy atom. The Morgan fingerprint density at radius 1 is 1.50 bits per heavy atom. The maximum Gasteiger partial charge on any atom is 0.248 e. The van der Waals surface area contributed by atoms with Crippen molar-refractivity contribution in [1.29, 1.82) is 0 Å². The van der Waals surface area contributed by atoms with E-state index in [2.05, 4.69) is 10.1 Å². The molecule has 0 aliphatic rings. The van der Waals surface area contributed by atoms with Gasteiger partial charge >= 0.3 is 0 Å². The highest BCUT2D eigenvalue weighted by atomic mass is 32.2. The molecule has 20 heavy (non-hydrogen) atoms. The van der Waals surface area contributed by atoms with Gasteiger partial charge in [-0.25, -0.2) is 13.4 Å². The number of thiazole rings is 1. The molecule has 7 nitrogen and oxygen atoms in total. The van der Waals surface area contributed by atoms with Gasteiger partial charge in [-0.05, 0) is 6.42 Å². The van der Waals surface area contributed by atoms with Crippen molar-refractivity contribution in [3.63, 3.8) is 0 Å². The van der Waals surface area contributed by atoms with Gasteiger partial charge in [0.15, 0.2) is 5.82 Å². The van der Waals surface area contributed by atoms with E-state index in [1.165, 1.54) is 28.9 Å². The Morgan fingerprint density at radius 3 is 2.85 bits per heavy atom. The van der Waals surface area contributed by atoms with E-state index in [0.717, 1.165) is 6.42 Å². The summed E-state index contributed by atoms with van der Waals surface area (Å²) in [5, 5.41) is 5.84. The van der Waals surface area contributed by atoms with Crippen molar-refractivity contribution in [2.24, 2.45) is 0 Å². The number of anilines is 1. The Kier molecular flexibility index (Phi) is 4.41. The summed E-state index contributed by atoms with van der Waals surface area (Å²) in [5.41, 5.74) is 8.10. The van der Waals surface area contributed by atoms with Gasteiger partial charge in [-0.1, -0.05) is 6.92 Å². The molecular weight excluding hydrogens is 298 g/mol. The van der Waals surface area contributed by atoms with Crippen LogP contribution in [0.15, 0.2) is 22.0 Å². The van der Waals surface area contributed by atoms with Crippen LogP contribution < -0.4 is 5.73 Å². The largest absolute Gasteiger partial charge is 0.381 e. The zero-order valence-electron chi connectivity index (χ0n) is 11.4. The monoisotopic (exact) mass is 315 g/mol. The zero-order chi connectivity index (χ0) is 14.8. The molecule has 0 fully saturated rings. The molecule has 2 aromatic heterocycles. The molecular formula is C11H17N5O2S2. The fourth-order valence-corrected chi connectivity index (χ4v) is 3.50. The Labute approximate surface area is 122 Å². The van der Waals surface area contributed by atoms with Gasteiger partial charge in [0.2, 0.25) is 10.0 Å². The summed E-state index contributed by atoms with van der Waals surface area (Å²) < 4.78 is 27.7. The molecule has 2 N–H and O–H groups in total. The molecule has 2 rings (SSSR count). The van der Waals surface area contributed by atoms with E-state index in [0.29, 0.717) is 12.2 Å². The topological polar surface area (TPSA) is 94.1 Å². The fourth-order valence-electron chi connectivity index (χ4n) is 1.76. The second-order valence-corrected chi connectivity index (χ2v) is 7.11. The van der Waals surface area contributed by atoms with Crippen molar-refractivity contribution in [2.75, 3.05) is 12.8 Å². The molecule has 0 aliphatic carbocycles. The predicted molar refractivity (Wildman–Crippen MR) is 77.7 cm³/mol. The summed E-state index contributed by atoms with van der Waals surface area (Å²) in [7, 11) is -2.15. The summed E-state index contributed by atoms with van der Waals surface area (Å²) in [5.74, 6) is 0.0311. The van der Waals surface area contributed by atoms with E-state index in [4.69, 9.17) is 5.73 Å². The first-order chi connectivity index (χ1) is 9.45. The molecule has 0 saturated heterocycles. The van der Waals surface area contributed by atoms with Crippen LogP contribution in [0.4, 0.5) is 5.82 Å². The predicted octanol–water partition coefficient (Wildman–Crippen LogP) is 1.15. The van der Waals surface area contributed by atoms with Crippen LogP contribution in [0.1, 0.15) is 19.0 Å². The van der Waals surface area contributed by atoms with Crippen molar-refractivity contribution < 1.29 is 8.42 Å². The van der Waals surface area contributed by atoms with E-state index in [9.17, 15) is 8.42 Å². The molecule has 0 spiro atoms. The van der Waals surface area contributed by atoms with Crippen LogP contribution in [0.5, 0.6) is 0 Å². The highest BCUT2D eigenvalue weighted by molar-refractivity contribution is 7.89. The minimum Gasteiger partial charge on any atom is -0.381 e. The van der Waals surface area contributed by atoms with Gasteiger partial charge in [-0.2, -0.15) is 9.40 Å². The second kappa shape index (κ2) is 5.90. The van der Waals surface area contributed by atoms with Crippen LogP contribution in [-0.2, 0) is 23.1 Å². The van der Waals surface area contributed by atoms with Gasteiger partial charge in [0.25, 0.3) is 0 Å². The van der Waals surface area contributed by atoms with E-state index in [1.807, 2.05) is 12.3 Å². The zero-order valence-corrected chi connectivity index (χ0v) is 13.0. The fraction of sp³-hybridized carbons (Fsp3) is 0.455. The lowest BCUT2D eigenvalue weighted by Gasteiger charge is -2.14. The lowest BCUT2D eigenvalue weighted by Crippen LogP contribution is -2.27. The van der Waals surface area contributed by atoms with Gasteiger partial charge in [0.1, 0.15) is 4.90 Å². The number of nitrogens with zero attached hydrogens (tertiary/aromatic N) is 4. The van der Waals surface area contributed by atoms with Crippen LogP contribution in [0, 0.1) is 0 Å². The van der Waals surface area contributed by atoms with E-state index >= 15 is 0 Å². The third kappa shape index (κ3) is 3.00. The highest BCUT2D eigenvalue weighted by Gasteiger charge is 2.26. The molecule has 0 aromatic carbocycles.